The third kappa shape index (κ3) is 3.71. The van der Waals surface area contributed by atoms with Gasteiger partial charge in [0.2, 0.25) is 0 Å². The molecule has 0 bridgehead atoms. The molecule has 0 heterocycles. The maximum atomic E-state index is 13.8. The summed E-state index contributed by atoms with van der Waals surface area (Å²) in [7, 11) is 2.12. The smallest absolute Gasteiger partial charge is 0.264 e. The quantitative estimate of drug-likeness (QED) is 0.792. The Morgan fingerprint density at radius 3 is 2.24 bits per heavy atom. The van der Waals surface area contributed by atoms with Crippen LogP contribution in [0.2, 0.25) is 0 Å². The largest absolute Gasteiger partial charge is 0.337 e. The van der Waals surface area contributed by atoms with E-state index in [0.717, 1.165) is 0 Å². The van der Waals surface area contributed by atoms with Crippen LogP contribution in [0.15, 0.2) is 17.0 Å². The Hall–Kier alpha value is -1.21. The topological polar surface area (TPSA) is 54.5 Å². The van der Waals surface area contributed by atoms with E-state index < -0.39 is 42.6 Å². The second kappa shape index (κ2) is 5.88. The normalized spacial score (nSPS) is 12.3. The lowest BCUT2D eigenvalue weighted by molar-refractivity contribution is 0.0615. The third-order valence-electron chi connectivity index (χ3n) is 3.59. The van der Waals surface area contributed by atoms with E-state index in [0.29, 0.717) is 18.6 Å². The van der Waals surface area contributed by atoms with E-state index in [1.54, 1.807) is 13.8 Å². The minimum Gasteiger partial charge on any atom is -0.337 e. The predicted molar refractivity (Wildman–Crippen MR) is 75.9 cm³/mol. The van der Waals surface area contributed by atoms with Gasteiger partial charge in [0, 0.05) is 29.3 Å². The summed E-state index contributed by atoms with van der Waals surface area (Å²) >= 11 is 0. The van der Waals surface area contributed by atoms with Gasteiger partial charge >= 0.3 is 0 Å². The molecule has 21 heavy (non-hydrogen) atoms. The fourth-order valence-electron chi connectivity index (χ4n) is 1.57. The number of carbonyl (C=O) groups is 1. The molecule has 0 unspecified atom stereocenters. The number of rotatable bonds is 4. The Balaban J connectivity index is 3.41. The number of benzene rings is 1. The van der Waals surface area contributed by atoms with Crippen LogP contribution < -0.4 is 0 Å². The molecule has 0 aliphatic rings. The molecule has 0 saturated heterocycles. The first-order valence-corrected chi connectivity index (χ1v) is 8.44. The van der Waals surface area contributed by atoms with Gasteiger partial charge in [-0.15, -0.1) is 0 Å². The summed E-state index contributed by atoms with van der Waals surface area (Å²) in [5.74, 6) is -3.22. The molecule has 0 saturated carbocycles. The van der Waals surface area contributed by atoms with Crippen molar-refractivity contribution >= 4 is 25.6 Å². The van der Waals surface area contributed by atoms with Gasteiger partial charge in [0.05, 0.1) is 5.56 Å². The van der Waals surface area contributed by atoms with Crippen molar-refractivity contribution in [3.63, 3.8) is 0 Å². The van der Waals surface area contributed by atoms with Crippen molar-refractivity contribution in [3.05, 3.63) is 29.3 Å². The third-order valence-corrected chi connectivity index (χ3v) is 4.93. The van der Waals surface area contributed by atoms with Crippen molar-refractivity contribution < 1.29 is 22.0 Å². The van der Waals surface area contributed by atoms with Gasteiger partial charge in [-0.1, -0.05) is 6.92 Å². The number of amides is 1. The lowest BCUT2D eigenvalue weighted by atomic mass is 9.99. The van der Waals surface area contributed by atoms with Gasteiger partial charge in [-0.3, -0.25) is 4.79 Å². The summed E-state index contributed by atoms with van der Waals surface area (Å²) in [5.41, 5.74) is -1.11. The van der Waals surface area contributed by atoms with Crippen molar-refractivity contribution in [2.45, 2.75) is 37.6 Å². The molecule has 1 rings (SSSR count). The van der Waals surface area contributed by atoms with E-state index in [1.807, 2.05) is 6.92 Å². The Bertz CT molecular complexity index is 674. The van der Waals surface area contributed by atoms with E-state index in [2.05, 4.69) is 0 Å². The number of nitrogens with zero attached hydrogens (tertiary/aromatic N) is 1. The van der Waals surface area contributed by atoms with Crippen LogP contribution in [0.4, 0.5) is 8.78 Å². The average Bonchev–Trinajstić information content (AvgIpc) is 2.35. The van der Waals surface area contributed by atoms with Gasteiger partial charge in [-0.05, 0) is 26.3 Å². The zero-order chi connectivity index (χ0) is 16.6. The van der Waals surface area contributed by atoms with E-state index in [9.17, 15) is 22.0 Å². The van der Waals surface area contributed by atoms with Crippen LogP contribution in [0.1, 0.15) is 37.6 Å². The molecule has 0 radical (unpaired) electrons. The van der Waals surface area contributed by atoms with Crippen LogP contribution in [0.3, 0.4) is 0 Å². The molecule has 0 aromatic heterocycles. The van der Waals surface area contributed by atoms with Crippen molar-refractivity contribution in [2.75, 3.05) is 7.05 Å². The maximum absolute atomic E-state index is 13.8. The minimum atomic E-state index is -4.41. The first-order valence-electron chi connectivity index (χ1n) is 6.13. The molecule has 0 atom stereocenters. The number of hydrogen-bond donors (Lipinski definition) is 0. The highest BCUT2D eigenvalue weighted by Crippen LogP contribution is 2.25. The lowest BCUT2D eigenvalue weighted by Crippen LogP contribution is -2.44. The Kier molecular flexibility index (Phi) is 5.00. The van der Waals surface area contributed by atoms with Crippen LogP contribution >= 0.6 is 10.7 Å². The van der Waals surface area contributed by atoms with Gasteiger partial charge in [0.1, 0.15) is 16.5 Å². The van der Waals surface area contributed by atoms with Crippen molar-refractivity contribution in [2.24, 2.45) is 0 Å². The number of carbonyl (C=O) groups excluding carboxylic acids is 1. The lowest BCUT2D eigenvalue weighted by Gasteiger charge is -2.35. The zero-order valence-corrected chi connectivity index (χ0v) is 13.6. The second-order valence-corrected chi connectivity index (χ2v) is 7.76. The molecule has 1 amide bonds. The van der Waals surface area contributed by atoms with Crippen LogP contribution in [0.25, 0.3) is 0 Å². The number of halogens is 3. The highest BCUT2D eigenvalue weighted by atomic mass is 35.7. The SMILES string of the molecule is CCC(C)(C)N(C)C(=O)c1cc(S(=O)(=O)Cl)c(F)cc1F. The van der Waals surface area contributed by atoms with Gasteiger partial charge in [0.15, 0.2) is 0 Å². The molecule has 0 spiro atoms. The van der Waals surface area contributed by atoms with Crippen molar-refractivity contribution in [1.82, 2.24) is 4.90 Å². The summed E-state index contributed by atoms with van der Waals surface area (Å²) in [6.07, 6.45) is 0.596. The van der Waals surface area contributed by atoms with Gasteiger partial charge in [0.25, 0.3) is 15.0 Å². The summed E-state index contributed by atoms with van der Waals surface area (Å²) < 4.78 is 49.7. The summed E-state index contributed by atoms with van der Waals surface area (Å²) in [4.78, 5) is 12.6. The Morgan fingerprint density at radius 1 is 1.29 bits per heavy atom. The van der Waals surface area contributed by atoms with Crippen LogP contribution in [-0.2, 0) is 9.05 Å². The maximum Gasteiger partial charge on any atom is 0.264 e. The Morgan fingerprint density at radius 2 is 1.81 bits per heavy atom. The van der Waals surface area contributed by atoms with Gasteiger partial charge in [-0.2, -0.15) is 0 Å². The first kappa shape index (κ1) is 17.8. The van der Waals surface area contributed by atoms with E-state index in [4.69, 9.17) is 10.7 Å². The molecule has 1 aromatic carbocycles. The molecule has 1 aromatic rings. The minimum absolute atomic E-state index is 0.343. The molecule has 4 nitrogen and oxygen atoms in total. The fourth-order valence-corrected chi connectivity index (χ4v) is 2.48. The molecule has 0 aliphatic heterocycles. The fraction of sp³-hybridized carbons (Fsp3) is 0.462. The highest BCUT2D eigenvalue weighted by molar-refractivity contribution is 8.13. The van der Waals surface area contributed by atoms with Crippen LogP contribution in [0.5, 0.6) is 0 Å². The van der Waals surface area contributed by atoms with Crippen molar-refractivity contribution in [1.29, 1.82) is 0 Å². The molecular formula is C13H16ClF2NO3S. The van der Waals surface area contributed by atoms with Gasteiger partial charge < -0.3 is 4.90 Å². The van der Waals surface area contributed by atoms with Crippen LogP contribution in [-0.4, -0.2) is 31.8 Å². The number of hydrogen-bond acceptors (Lipinski definition) is 3. The average molecular weight is 340 g/mol. The van der Waals surface area contributed by atoms with E-state index in [-0.39, 0.29) is 0 Å². The summed E-state index contributed by atoms with van der Waals surface area (Å²) in [6, 6.07) is 0.965. The molecule has 118 valence electrons. The molecule has 0 N–H and O–H groups in total. The second-order valence-electron chi connectivity index (χ2n) is 5.23. The summed E-state index contributed by atoms with van der Waals surface area (Å²) in [5, 5.41) is 0. The highest BCUT2D eigenvalue weighted by Gasteiger charge is 2.30. The van der Waals surface area contributed by atoms with Crippen molar-refractivity contribution in [3.8, 4) is 0 Å². The Labute approximate surface area is 127 Å². The zero-order valence-electron chi connectivity index (χ0n) is 12.1. The molecule has 0 fully saturated rings. The molecule has 8 heteroatoms. The van der Waals surface area contributed by atoms with E-state index in [1.165, 1.54) is 11.9 Å². The first-order chi connectivity index (χ1) is 9.41. The standard InChI is InChI=1S/C13H16ClF2NO3S/c1-5-13(2,3)17(4)12(18)8-6-11(21(14,19)20)10(16)7-9(8)15/h6-7H,5H2,1-4H3. The predicted octanol–water partition coefficient (Wildman–Crippen LogP) is 3.15. The van der Waals surface area contributed by atoms with Gasteiger partial charge in [-0.25, -0.2) is 17.2 Å². The van der Waals surface area contributed by atoms with Crippen LogP contribution in [0, 0.1) is 11.6 Å². The molecular weight excluding hydrogens is 324 g/mol. The van der Waals surface area contributed by atoms with E-state index >= 15 is 0 Å². The molecule has 0 aliphatic carbocycles. The summed E-state index contributed by atoms with van der Waals surface area (Å²) in [6.45, 7) is 5.39. The monoisotopic (exact) mass is 339 g/mol.